The number of fused-ring (bicyclic) bond motifs is 1. The van der Waals surface area contributed by atoms with Crippen molar-refractivity contribution in [2.45, 2.75) is 77.4 Å². The normalized spacial score (nSPS) is 18.2. The standard InChI is InChI=1S/C25H34FN7O/c1-3-7-20-16-13-15(10-11-22(16)33(32-20)12-4-2)29-24-17(23(28)34)14-18(26)25(31-24)30-21-9-6-5-8-19(21)27/h10-11,13-14,19,21H,3-9,12,27H2,1-2H3,(H2,28,34)(H2,29,30,31)/t19-,21+/m0/s1. The van der Waals surface area contributed by atoms with E-state index in [1.165, 1.54) is 0 Å². The molecule has 4 rings (SSSR count). The molecule has 0 radical (unpaired) electrons. The van der Waals surface area contributed by atoms with Gasteiger partial charge in [-0.25, -0.2) is 9.37 Å². The van der Waals surface area contributed by atoms with E-state index < -0.39 is 11.7 Å². The summed E-state index contributed by atoms with van der Waals surface area (Å²) >= 11 is 0. The maximum absolute atomic E-state index is 14.8. The van der Waals surface area contributed by atoms with Gasteiger partial charge in [0, 0.05) is 29.7 Å². The second-order valence-electron chi connectivity index (χ2n) is 9.06. The molecule has 2 atom stereocenters. The summed E-state index contributed by atoms with van der Waals surface area (Å²) in [5.41, 5.74) is 14.6. The van der Waals surface area contributed by atoms with E-state index in [1.807, 2.05) is 22.9 Å². The van der Waals surface area contributed by atoms with Crippen molar-refractivity contribution in [3.8, 4) is 0 Å². The molecule has 2 aromatic heterocycles. The highest BCUT2D eigenvalue weighted by Gasteiger charge is 2.24. The number of hydrogen-bond acceptors (Lipinski definition) is 6. The zero-order chi connectivity index (χ0) is 24.2. The lowest BCUT2D eigenvalue weighted by Gasteiger charge is -2.30. The van der Waals surface area contributed by atoms with Crippen LogP contribution in [0.5, 0.6) is 0 Å². The minimum absolute atomic E-state index is 0.00782. The lowest BCUT2D eigenvalue weighted by molar-refractivity contribution is 0.100. The third-order valence-electron chi connectivity index (χ3n) is 6.39. The Morgan fingerprint density at radius 1 is 1.18 bits per heavy atom. The number of aromatic nitrogens is 3. The van der Waals surface area contributed by atoms with Gasteiger partial charge in [-0.3, -0.25) is 9.48 Å². The summed E-state index contributed by atoms with van der Waals surface area (Å²) in [6, 6.07) is 6.91. The Hall–Kier alpha value is -3.20. The van der Waals surface area contributed by atoms with E-state index in [4.69, 9.17) is 16.6 Å². The van der Waals surface area contributed by atoms with Crippen molar-refractivity contribution in [3.63, 3.8) is 0 Å². The molecule has 1 aromatic carbocycles. The van der Waals surface area contributed by atoms with Gasteiger partial charge in [-0.1, -0.05) is 33.1 Å². The Balaban J connectivity index is 1.69. The number of rotatable bonds is 9. The van der Waals surface area contributed by atoms with Gasteiger partial charge >= 0.3 is 0 Å². The number of pyridine rings is 1. The van der Waals surface area contributed by atoms with Gasteiger partial charge in [-0.15, -0.1) is 0 Å². The first-order valence-electron chi connectivity index (χ1n) is 12.2. The quantitative estimate of drug-likeness (QED) is 0.368. The summed E-state index contributed by atoms with van der Waals surface area (Å²) < 4.78 is 16.9. The third-order valence-corrected chi connectivity index (χ3v) is 6.39. The summed E-state index contributed by atoms with van der Waals surface area (Å²) in [5, 5.41) is 12.2. The first-order chi connectivity index (χ1) is 16.4. The lowest BCUT2D eigenvalue weighted by atomic mass is 9.91. The summed E-state index contributed by atoms with van der Waals surface area (Å²) in [5.74, 6) is -1.10. The molecule has 3 aromatic rings. The smallest absolute Gasteiger partial charge is 0.252 e. The molecule has 8 nitrogen and oxygen atoms in total. The fourth-order valence-corrected chi connectivity index (χ4v) is 4.65. The Kier molecular flexibility index (Phi) is 7.31. The van der Waals surface area contributed by atoms with E-state index in [1.54, 1.807) is 0 Å². The number of carbonyl (C=O) groups excluding carboxylic acids is 1. The number of primary amides is 1. The molecule has 34 heavy (non-hydrogen) atoms. The number of nitrogens with two attached hydrogens (primary N) is 2. The molecule has 0 bridgehead atoms. The maximum Gasteiger partial charge on any atom is 0.252 e. The number of carbonyl (C=O) groups is 1. The Morgan fingerprint density at radius 3 is 2.68 bits per heavy atom. The SMILES string of the molecule is CCCc1nn(CCC)c2ccc(Nc3nc(N[C@@H]4CCCC[C@@H]4N)c(F)cc3C(N)=O)cc12. The van der Waals surface area contributed by atoms with Crippen LogP contribution in [0.2, 0.25) is 0 Å². The minimum Gasteiger partial charge on any atom is -0.365 e. The average Bonchev–Trinajstić information content (AvgIpc) is 3.14. The molecular weight excluding hydrogens is 433 g/mol. The number of anilines is 3. The Bertz CT molecular complexity index is 1180. The molecule has 0 saturated heterocycles. The molecule has 1 aliphatic rings. The van der Waals surface area contributed by atoms with Crippen LogP contribution in [0.1, 0.15) is 68.4 Å². The molecule has 9 heteroatoms. The van der Waals surface area contributed by atoms with Gasteiger partial charge in [-0.2, -0.15) is 5.10 Å². The van der Waals surface area contributed by atoms with E-state index >= 15 is 0 Å². The highest BCUT2D eigenvalue weighted by molar-refractivity contribution is 5.99. The molecule has 0 spiro atoms. The molecule has 1 amide bonds. The van der Waals surface area contributed by atoms with E-state index in [-0.39, 0.29) is 29.3 Å². The highest BCUT2D eigenvalue weighted by Crippen LogP contribution is 2.29. The second-order valence-corrected chi connectivity index (χ2v) is 9.06. The van der Waals surface area contributed by atoms with E-state index in [0.29, 0.717) is 0 Å². The van der Waals surface area contributed by atoms with Crippen LogP contribution >= 0.6 is 0 Å². The van der Waals surface area contributed by atoms with Gasteiger partial charge < -0.3 is 22.1 Å². The summed E-state index contributed by atoms with van der Waals surface area (Å²) in [6.07, 6.45) is 6.68. The van der Waals surface area contributed by atoms with Crippen molar-refractivity contribution in [2.24, 2.45) is 11.5 Å². The zero-order valence-corrected chi connectivity index (χ0v) is 19.9. The fraction of sp³-hybridized carbons (Fsp3) is 0.480. The number of nitrogens with zero attached hydrogens (tertiary/aromatic N) is 3. The Labute approximate surface area is 199 Å². The molecule has 1 saturated carbocycles. The number of aryl methyl sites for hydroxylation is 2. The lowest BCUT2D eigenvalue weighted by Crippen LogP contribution is -2.43. The van der Waals surface area contributed by atoms with Crippen LogP contribution in [-0.4, -0.2) is 32.8 Å². The zero-order valence-electron chi connectivity index (χ0n) is 19.9. The highest BCUT2D eigenvalue weighted by atomic mass is 19.1. The van der Waals surface area contributed by atoms with Gasteiger partial charge in [0.05, 0.1) is 16.8 Å². The summed E-state index contributed by atoms with van der Waals surface area (Å²) in [4.78, 5) is 16.5. The molecule has 182 valence electrons. The number of amides is 1. The molecule has 0 aliphatic heterocycles. The maximum atomic E-state index is 14.8. The predicted molar refractivity (Wildman–Crippen MR) is 134 cm³/mol. The molecule has 2 heterocycles. The van der Waals surface area contributed by atoms with Crippen molar-refractivity contribution in [1.82, 2.24) is 14.8 Å². The predicted octanol–water partition coefficient (Wildman–Crippen LogP) is 4.46. The molecule has 0 unspecified atom stereocenters. The van der Waals surface area contributed by atoms with Crippen molar-refractivity contribution >= 4 is 34.1 Å². The van der Waals surface area contributed by atoms with Crippen LogP contribution in [-0.2, 0) is 13.0 Å². The van der Waals surface area contributed by atoms with Crippen molar-refractivity contribution in [3.05, 3.63) is 41.3 Å². The van der Waals surface area contributed by atoms with Crippen LogP contribution < -0.4 is 22.1 Å². The van der Waals surface area contributed by atoms with Crippen LogP contribution in [0.3, 0.4) is 0 Å². The fourth-order valence-electron chi connectivity index (χ4n) is 4.65. The van der Waals surface area contributed by atoms with E-state index in [2.05, 4.69) is 29.5 Å². The summed E-state index contributed by atoms with van der Waals surface area (Å²) in [7, 11) is 0. The van der Waals surface area contributed by atoms with Crippen LogP contribution in [0.4, 0.5) is 21.7 Å². The number of hydrogen-bond donors (Lipinski definition) is 4. The molecular formula is C25H34FN7O. The van der Waals surface area contributed by atoms with Gasteiger partial charge in [0.1, 0.15) is 5.82 Å². The third kappa shape index (κ3) is 4.99. The van der Waals surface area contributed by atoms with Gasteiger partial charge in [0.2, 0.25) is 0 Å². The number of benzene rings is 1. The van der Waals surface area contributed by atoms with Gasteiger partial charge in [0.25, 0.3) is 5.91 Å². The summed E-state index contributed by atoms with van der Waals surface area (Å²) in [6.45, 7) is 5.10. The van der Waals surface area contributed by atoms with Crippen LogP contribution in [0.15, 0.2) is 24.3 Å². The van der Waals surface area contributed by atoms with Crippen molar-refractivity contribution < 1.29 is 9.18 Å². The van der Waals surface area contributed by atoms with E-state index in [9.17, 15) is 9.18 Å². The molecule has 1 aliphatic carbocycles. The first-order valence-corrected chi connectivity index (χ1v) is 12.2. The van der Waals surface area contributed by atoms with Crippen LogP contribution in [0.25, 0.3) is 10.9 Å². The molecule has 6 N–H and O–H groups in total. The number of halogens is 1. The van der Waals surface area contributed by atoms with E-state index in [0.717, 1.165) is 79.8 Å². The number of nitrogens with one attached hydrogen (secondary N) is 2. The monoisotopic (exact) mass is 467 g/mol. The van der Waals surface area contributed by atoms with Crippen LogP contribution in [0, 0.1) is 5.82 Å². The van der Waals surface area contributed by atoms with Crippen molar-refractivity contribution in [2.75, 3.05) is 10.6 Å². The average molecular weight is 468 g/mol. The largest absolute Gasteiger partial charge is 0.365 e. The topological polar surface area (TPSA) is 124 Å². The second kappa shape index (κ2) is 10.4. The van der Waals surface area contributed by atoms with Crippen molar-refractivity contribution in [1.29, 1.82) is 0 Å². The first kappa shape index (κ1) is 23.9. The minimum atomic E-state index is -0.752. The van der Waals surface area contributed by atoms with Gasteiger partial charge in [-0.05, 0) is 49.9 Å². The Morgan fingerprint density at radius 2 is 1.97 bits per heavy atom. The molecule has 1 fully saturated rings. The van der Waals surface area contributed by atoms with Gasteiger partial charge in [0.15, 0.2) is 11.6 Å².